The third kappa shape index (κ3) is 4.71. The van der Waals surface area contributed by atoms with Crippen LogP contribution in [0, 0.1) is 17.8 Å². The minimum atomic E-state index is -2.28. The van der Waals surface area contributed by atoms with Crippen LogP contribution in [0.2, 0.25) is 0 Å². The van der Waals surface area contributed by atoms with Gasteiger partial charge in [-0.3, -0.25) is 14.4 Å². The molecule has 3 aromatic rings. The van der Waals surface area contributed by atoms with Crippen molar-refractivity contribution in [3.05, 3.63) is 77.4 Å². The maximum atomic E-state index is 15.4. The van der Waals surface area contributed by atoms with Crippen LogP contribution in [0.3, 0.4) is 0 Å². The van der Waals surface area contributed by atoms with E-state index in [1.807, 2.05) is 30.3 Å². The Balaban J connectivity index is 1.55. The molecule has 0 unspecified atom stereocenters. The lowest BCUT2D eigenvalue weighted by atomic mass is 9.70. The molecule has 3 aromatic carbocycles. The number of ether oxygens (including phenoxy) is 6. The Morgan fingerprint density at radius 1 is 0.980 bits per heavy atom. The van der Waals surface area contributed by atoms with E-state index in [0.29, 0.717) is 42.0 Å². The number of carbonyl (C=O) groups excluding carboxylic acids is 3. The average molecular weight is 673 g/mol. The van der Waals surface area contributed by atoms with Gasteiger partial charge in [0.2, 0.25) is 24.4 Å². The highest BCUT2D eigenvalue weighted by Crippen LogP contribution is 2.72. The van der Waals surface area contributed by atoms with Crippen molar-refractivity contribution < 1.29 is 47.9 Å². The van der Waals surface area contributed by atoms with E-state index in [1.165, 1.54) is 14.2 Å². The first kappa shape index (κ1) is 32.6. The van der Waals surface area contributed by atoms with Crippen LogP contribution in [0.5, 0.6) is 28.7 Å². The van der Waals surface area contributed by atoms with Gasteiger partial charge in [0, 0.05) is 24.4 Å². The molecule has 0 spiro atoms. The van der Waals surface area contributed by atoms with Crippen molar-refractivity contribution in [2.24, 2.45) is 17.8 Å². The van der Waals surface area contributed by atoms with Gasteiger partial charge in [-0.25, -0.2) is 0 Å². The van der Waals surface area contributed by atoms with Gasteiger partial charge in [-0.2, -0.15) is 0 Å². The van der Waals surface area contributed by atoms with E-state index in [9.17, 15) is 14.7 Å². The Kier molecular flexibility index (Phi) is 8.09. The predicted octanol–water partition coefficient (Wildman–Crippen LogP) is 3.83. The summed E-state index contributed by atoms with van der Waals surface area (Å²) in [6.45, 7) is 3.81. The van der Waals surface area contributed by atoms with E-state index in [4.69, 9.17) is 28.4 Å². The Morgan fingerprint density at radius 2 is 1.71 bits per heavy atom. The van der Waals surface area contributed by atoms with Crippen molar-refractivity contribution in [2.75, 3.05) is 34.7 Å². The Morgan fingerprint density at radius 3 is 2.37 bits per heavy atom. The molecule has 6 atom stereocenters. The molecule has 1 aliphatic carbocycles. The standard InChI is InChI=1S/C37H40N2O10/c1-20(2)33(40)38-26-12-9-17-39(26)34(41)29-27(21-10-7-6-8-11-21)37(22-13-15-23(44-3)16-14-22)32(35(42)46-5)36(29,43)28-24(49-37)18-25-30(31(28)45-4)48-19-47-25/h6-8,10-11,13-16,18,20,26-27,29,32,43H,9,12,17,19H2,1-5H3,(H,38,40)/t26-,27-,29+,32+,36+,37+/m1/s1. The zero-order valence-corrected chi connectivity index (χ0v) is 28.1. The van der Waals surface area contributed by atoms with Crippen molar-refractivity contribution >= 4 is 17.8 Å². The fraction of sp³-hybridized carbons (Fsp3) is 0.432. The number of nitrogens with zero attached hydrogens (tertiary/aromatic N) is 1. The number of hydrogen-bond donors (Lipinski definition) is 2. The van der Waals surface area contributed by atoms with E-state index in [-0.39, 0.29) is 41.4 Å². The van der Waals surface area contributed by atoms with E-state index < -0.39 is 47.0 Å². The van der Waals surface area contributed by atoms with Crippen molar-refractivity contribution in [1.82, 2.24) is 10.2 Å². The van der Waals surface area contributed by atoms with E-state index in [0.717, 1.165) is 0 Å². The highest BCUT2D eigenvalue weighted by Gasteiger charge is 2.79. The van der Waals surface area contributed by atoms with Gasteiger partial charge in [0.05, 0.1) is 32.8 Å². The van der Waals surface area contributed by atoms with Crippen LogP contribution >= 0.6 is 0 Å². The quantitative estimate of drug-likeness (QED) is 0.339. The molecule has 2 N–H and O–H groups in total. The number of esters is 1. The van der Waals surface area contributed by atoms with Gasteiger partial charge in [-0.05, 0) is 36.1 Å². The maximum absolute atomic E-state index is 15.4. The first-order chi connectivity index (χ1) is 23.6. The van der Waals surface area contributed by atoms with Gasteiger partial charge in [-0.1, -0.05) is 56.3 Å². The molecule has 0 radical (unpaired) electrons. The molecule has 3 heterocycles. The normalized spacial score (nSPS) is 27.7. The van der Waals surface area contributed by atoms with Crippen LogP contribution in [-0.4, -0.2) is 68.6 Å². The second-order valence-electron chi connectivity index (χ2n) is 13.1. The lowest BCUT2D eigenvalue weighted by molar-refractivity contribution is -0.176. The molecule has 49 heavy (non-hydrogen) atoms. The number of aliphatic hydroxyl groups is 1. The molecule has 4 aliphatic rings. The minimum Gasteiger partial charge on any atom is -0.497 e. The van der Waals surface area contributed by atoms with E-state index in [1.54, 1.807) is 56.2 Å². The highest BCUT2D eigenvalue weighted by molar-refractivity contribution is 5.90. The summed E-state index contributed by atoms with van der Waals surface area (Å²) in [5.74, 6) is -4.16. The molecular formula is C37H40N2O10. The number of benzene rings is 3. The monoisotopic (exact) mass is 672 g/mol. The van der Waals surface area contributed by atoms with Gasteiger partial charge in [0.15, 0.2) is 17.1 Å². The second kappa shape index (κ2) is 12.2. The molecule has 2 bridgehead atoms. The largest absolute Gasteiger partial charge is 0.497 e. The Labute approximate surface area is 284 Å². The maximum Gasteiger partial charge on any atom is 0.316 e. The molecule has 3 aliphatic heterocycles. The molecule has 12 heteroatoms. The van der Waals surface area contributed by atoms with Crippen LogP contribution in [0.25, 0.3) is 0 Å². The summed E-state index contributed by atoms with van der Waals surface area (Å²) in [7, 11) is 4.20. The molecular weight excluding hydrogens is 632 g/mol. The Hall–Kier alpha value is -4.97. The van der Waals surface area contributed by atoms with Crippen LogP contribution in [0.4, 0.5) is 0 Å². The molecule has 1 saturated carbocycles. The smallest absolute Gasteiger partial charge is 0.316 e. The number of likely N-dealkylation sites (tertiary alicyclic amines) is 1. The molecule has 12 nitrogen and oxygen atoms in total. The first-order valence-corrected chi connectivity index (χ1v) is 16.4. The summed E-state index contributed by atoms with van der Waals surface area (Å²) in [4.78, 5) is 44.3. The predicted molar refractivity (Wildman–Crippen MR) is 174 cm³/mol. The lowest BCUT2D eigenvalue weighted by Crippen LogP contribution is -2.56. The van der Waals surface area contributed by atoms with Gasteiger partial charge in [-0.15, -0.1) is 0 Å². The second-order valence-corrected chi connectivity index (χ2v) is 13.1. The van der Waals surface area contributed by atoms with Crippen molar-refractivity contribution in [3.63, 3.8) is 0 Å². The SMILES string of the molecule is COC(=O)[C@H]1[C@]2(O)c3c(cc4c(c3OC)OCO4)O[C@@]1(c1ccc(OC)cc1)[C@H](c1ccccc1)[C@H]2C(=O)N1CCC[C@@H]1NC(=O)C(C)C. The topological polar surface area (TPSA) is 142 Å². The first-order valence-electron chi connectivity index (χ1n) is 16.4. The summed E-state index contributed by atoms with van der Waals surface area (Å²) < 4.78 is 35.5. The fourth-order valence-corrected chi connectivity index (χ4v) is 8.29. The zero-order valence-electron chi connectivity index (χ0n) is 28.1. The van der Waals surface area contributed by atoms with Crippen LogP contribution < -0.4 is 29.0 Å². The van der Waals surface area contributed by atoms with Gasteiger partial charge >= 0.3 is 5.97 Å². The highest BCUT2D eigenvalue weighted by atomic mass is 16.7. The Bertz CT molecular complexity index is 1780. The van der Waals surface area contributed by atoms with Crippen LogP contribution in [-0.2, 0) is 30.3 Å². The molecule has 2 fully saturated rings. The van der Waals surface area contributed by atoms with Crippen molar-refractivity contribution in [3.8, 4) is 28.7 Å². The van der Waals surface area contributed by atoms with Crippen LogP contribution in [0.15, 0.2) is 60.7 Å². The molecule has 258 valence electrons. The summed E-state index contributed by atoms with van der Waals surface area (Å²) in [6.07, 6.45) is 0.551. The van der Waals surface area contributed by atoms with Gasteiger partial charge in [0.25, 0.3) is 0 Å². The van der Waals surface area contributed by atoms with Crippen LogP contribution in [0.1, 0.15) is 49.3 Å². The number of amides is 2. The van der Waals surface area contributed by atoms with Gasteiger partial charge < -0.3 is 43.7 Å². The number of fused-ring (bicyclic) bond motifs is 5. The number of hydrogen-bond acceptors (Lipinski definition) is 10. The molecule has 0 aromatic heterocycles. The molecule has 2 amide bonds. The number of methoxy groups -OCH3 is 3. The summed E-state index contributed by atoms with van der Waals surface area (Å²) in [5, 5.41) is 16.7. The van der Waals surface area contributed by atoms with Crippen molar-refractivity contribution in [1.29, 1.82) is 0 Å². The molecule has 7 rings (SSSR count). The van der Waals surface area contributed by atoms with E-state index >= 15 is 4.79 Å². The van der Waals surface area contributed by atoms with Crippen molar-refractivity contribution in [2.45, 2.75) is 50.0 Å². The van der Waals surface area contributed by atoms with Gasteiger partial charge in [0.1, 0.15) is 29.2 Å². The number of nitrogens with one attached hydrogen (secondary N) is 1. The number of carbonyl (C=O) groups is 3. The summed E-state index contributed by atoms with van der Waals surface area (Å²) in [6, 6.07) is 17.9. The fourth-order valence-electron chi connectivity index (χ4n) is 8.29. The number of rotatable bonds is 8. The lowest BCUT2D eigenvalue weighted by Gasteiger charge is -2.46. The molecule has 1 saturated heterocycles. The third-order valence-electron chi connectivity index (χ3n) is 10.4. The zero-order chi connectivity index (χ0) is 34.7. The van der Waals surface area contributed by atoms with E-state index in [2.05, 4.69) is 5.32 Å². The summed E-state index contributed by atoms with van der Waals surface area (Å²) >= 11 is 0. The minimum absolute atomic E-state index is 0.0810. The third-order valence-corrected chi connectivity index (χ3v) is 10.4. The summed E-state index contributed by atoms with van der Waals surface area (Å²) in [5.41, 5.74) is -2.73. The average Bonchev–Trinajstić information content (AvgIpc) is 3.82.